The van der Waals surface area contributed by atoms with Gasteiger partial charge in [0.05, 0.1) is 41.4 Å². The number of methoxy groups -OCH3 is 2. The number of amides is 1. The van der Waals surface area contributed by atoms with Crippen LogP contribution in [0.5, 0.6) is 11.5 Å². The summed E-state index contributed by atoms with van der Waals surface area (Å²) < 4.78 is 10.6. The molecule has 1 aliphatic rings. The van der Waals surface area contributed by atoms with Gasteiger partial charge >= 0.3 is 0 Å². The van der Waals surface area contributed by atoms with Gasteiger partial charge in [-0.25, -0.2) is 0 Å². The molecule has 180 valence electrons. The SMILES string of the molecule is COc1ccc(N2C(=O)C(=O)/C(=C(/O)c3cc(Cl)cc(Cl)c3OC)C2c2cccc(C)c2)cc1Cl. The number of ketones is 1. The second kappa shape index (κ2) is 9.82. The molecule has 3 aromatic rings. The number of nitrogens with zero attached hydrogens (tertiary/aromatic N) is 1. The Balaban J connectivity index is 2.01. The van der Waals surface area contributed by atoms with Gasteiger partial charge in [-0.2, -0.15) is 0 Å². The first-order valence-electron chi connectivity index (χ1n) is 10.4. The first-order chi connectivity index (χ1) is 16.7. The van der Waals surface area contributed by atoms with Crippen LogP contribution in [-0.2, 0) is 9.59 Å². The minimum Gasteiger partial charge on any atom is -0.507 e. The van der Waals surface area contributed by atoms with E-state index in [1.54, 1.807) is 18.2 Å². The fourth-order valence-corrected chi connectivity index (χ4v) is 4.97. The third-order valence-corrected chi connectivity index (χ3v) is 6.48. The zero-order valence-electron chi connectivity index (χ0n) is 18.9. The molecular formula is C26H20Cl3NO5. The number of benzene rings is 3. The highest BCUT2D eigenvalue weighted by Gasteiger charge is 2.47. The average molecular weight is 533 g/mol. The van der Waals surface area contributed by atoms with Crippen molar-refractivity contribution in [2.24, 2.45) is 0 Å². The number of aliphatic hydroxyl groups is 1. The molecular weight excluding hydrogens is 513 g/mol. The molecule has 0 saturated carbocycles. The quantitative estimate of drug-likeness (QED) is 0.228. The summed E-state index contributed by atoms with van der Waals surface area (Å²) in [6.45, 7) is 1.89. The molecule has 9 heteroatoms. The maximum Gasteiger partial charge on any atom is 0.300 e. The maximum absolute atomic E-state index is 13.4. The molecule has 1 heterocycles. The molecule has 1 fully saturated rings. The number of carbonyl (C=O) groups excluding carboxylic acids is 2. The number of aliphatic hydroxyl groups excluding tert-OH is 1. The van der Waals surface area contributed by atoms with E-state index >= 15 is 0 Å². The largest absolute Gasteiger partial charge is 0.507 e. The lowest BCUT2D eigenvalue weighted by molar-refractivity contribution is -0.132. The van der Waals surface area contributed by atoms with Crippen molar-refractivity contribution in [1.29, 1.82) is 0 Å². The van der Waals surface area contributed by atoms with Crippen molar-refractivity contribution in [3.05, 3.63) is 91.9 Å². The standard InChI is InChI=1S/C26H20Cl3NO5/c1-13-5-4-6-14(9-13)22-21(23(31)17-10-15(27)11-19(29)25(17)35-3)24(32)26(33)30(22)16-7-8-20(34-2)18(28)12-16/h4-12,22,31H,1-3H3/b23-21+. The Morgan fingerprint density at radius 2 is 1.69 bits per heavy atom. The van der Waals surface area contributed by atoms with Crippen LogP contribution in [0.4, 0.5) is 5.69 Å². The molecule has 1 unspecified atom stereocenters. The molecule has 6 nitrogen and oxygen atoms in total. The highest BCUT2D eigenvalue weighted by Crippen LogP contribution is 2.45. The van der Waals surface area contributed by atoms with Gasteiger partial charge in [-0.15, -0.1) is 0 Å². The summed E-state index contributed by atoms with van der Waals surface area (Å²) in [5.74, 6) is -1.63. The molecule has 3 aromatic carbocycles. The lowest BCUT2D eigenvalue weighted by Gasteiger charge is -2.26. The minimum absolute atomic E-state index is 0.0911. The number of hydrogen-bond acceptors (Lipinski definition) is 5. The van der Waals surface area contributed by atoms with Gasteiger partial charge in [0, 0.05) is 10.7 Å². The van der Waals surface area contributed by atoms with E-state index < -0.39 is 23.5 Å². The van der Waals surface area contributed by atoms with Gasteiger partial charge in [-0.1, -0.05) is 64.6 Å². The predicted octanol–water partition coefficient (Wildman–Crippen LogP) is 6.60. The smallest absolute Gasteiger partial charge is 0.300 e. The van der Waals surface area contributed by atoms with E-state index in [9.17, 15) is 14.7 Å². The first kappa shape index (κ1) is 24.9. The van der Waals surface area contributed by atoms with E-state index in [1.807, 2.05) is 25.1 Å². The predicted molar refractivity (Wildman–Crippen MR) is 137 cm³/mol. The molecule has 0 bridgehead atoms. The van der Waals surface area contributed by atoms with E-state index in [0.717, 1.165) is 5.56 Å². The Hall–Kier alpha value is -3.19. The van der Waals surface area contributed by atoms with Crippen LogP contribution in [0.25, 0.3) is 5.76 Å². The normalized spacial score (nSPS) is 17.1. The van der Waals surface area contributed by atoms with E-state index in [4.69, 9.17) is 44.3 Å². The van der Waals surface area contributed by atoms with Gasteiger partial charge < -0.3 is 14.6 Å². The number of carbonyl (C=O) groups is 2. The van der Waals surface area contributed by atoms with Crippen molar-refractivity contribution in [3.63, 3.8) is 0 Å². The summed E-state index contributed by atoms with van der Waals surface area (Å²) in [5.41, 5.74) is 1.84. The van der Waals surface area contributed by atoms with Crippen LogP contribution in [0.15, 0.2) is 60.2 Å². The number of hydrogen-bond donors (Lipinski definition) is 1. The molecule has 35 heavy (non-hydrogen) atoms. The third-order valence-electron chi connectivity index (χ3n) is 5.68. The summed E-state index contributed by atoms with van der Waals surface area (Å²) >= 11 is 18.8. The molecule has 0 aliphatic carbocycles. The lowest BCUT2D eigenvalue weighted by atomic mass is 9.94. The molecule has 1 atom stereocenters. The molecule has 1 N–H and O–H groups in total. The van der Waals surface area contributed by atoms with Crippen molar-refractivity contribution in [3.8, 4) is 11.5 Å². The van der Waals surface area contributed by atoms with Gasteiger partial charge in [0.25, 0.3) is 11.7 Å². The molecule has 1 amide bonds. The molecule has 0 spiro atoms. The second-order valence-electron chi connectivity index (χ2n) is 7.87. The molecule has 1 saturated heterocycles. The Labute approximate surface area is 217 Å². The molecule has 0 aromatic heterocycles. The third kappa shape index (κ3) is 4.45. The maximum atomic E-state index is 13.4. The van der Waals surface area contributed by atoms with Gasteiger partial charge in [0.2, 0.25) is 0 Å². The van der Waals surface area contributed by atoms with E-state index in [2.05, 4.69) is 0 Å². The van der Waals surface area contributed by atoms with E-state index in [1.165, 1.54) is 37.3 Å². The summed E-state index contributed by atoms with van der Waals surface area (Å²) in [5, 5.41) is 12.0. The van der Waals surface area contributed by atoms with Crippen LogP contribution in [0.2, 0.25) is 15.1 Å². The van der Waals surface area contributed by atoms with Crippen molar-refractivity contribution >= 4 is 57.9 Å². The Kier molecular flexibility index (Phi) is 6.99. The number of halogens is 3. The van der Waals surface area contributed by atoms with Gasteiger partial charge in [-0.05, 0) is 42.8 Å². The van der Waals surface area contributed by atoms with Crippen LogP contribution < -0.4 is 14.4 Å². The van der Waals surface area contributed by atoms with Crippen LogP contribution in [0.3, 0.4) is 0 Å². The van der Waals surface area contributed by atoms with E-state index in [-0.39, 0.29) is 32.0 Å². The Morgan fingerprint density at radius 3 is 2.31 bits per heavy atom. The van der Waals surface area contributed by atoms with Crippen LogP contribution in [0.1, 0.15) is 22.7 Å². The summed E-state index contributed by atoms with van der Waals surface area (Å²) in [4.78, 5) is 28.0. The number of Topliss-reactive ketones (excluding diaryl/α,β-unsaturated/α-hetero) is 1. The van der Waals surface area contributed by atoms with Gasteiger partial charge in [0.1, 0.15) is 17.3 Å². The molecule has 0 radical (unpaired) electrons. The molecule has 1 aliphatic heterocycles. The van der Waals surface area contributed by atoms with Crippen molar-refractivity contribution in [2.45, 2.75) is 13.0 Å². The van der Waals surface area contributed by atoms with Crippen LogP contribution in [0, 0.1) is 6.92 Å². The highest BCUT2D eigenvalue weighted by atomic mass is 35.5. The van der Waals surface area contributed by atoms with Crippen molar-refractivity contribution in [1.82, 2.24) is 0 Å². The highest BCUT2D eigenvalue weighted by molar-refractivity contribution is 6.52. The number of ether oxygens (including phenoxy) is 2. The first-order valence-corrected chi connectivity index (χ1v) is 11.6. The zero-order chi connectivity index (χ0) is 25.4. The lowest BCUT2D eigenvalue weighted by Crippen LogP contribution is -2.29. The average Bonchev–Trinajstić information content (AvgIpc) is 3.08. The van der Waals surface area contributed by atoms with Crippen molar-refractivity contribution < 1.29 is 24.2 Å². The summed E-state index contributed by atoms with van der Waals surface area (Å²) in [7, 11) is 2.85. The summed E-state index contributed by atoms with van der Waals surface area (Å²) in [6.07, 6.45) is 0. The zero-order valence-corrected chi connectivity index (χ0v) is 21.2. The van der Waals surface area contributed by atoms with Crippen LogP contribution >= 0.6 is 34.8 Å². The molecule has 4 rings (SSSR count). The number of aryl methyl sites for hydroxylation is 1. The second-order valence-corrected chi connectivity index (χ2v) is 9.12. The fourth-order valence-electron chi connectivity index (χ4n) is 4.15. The fraction of sp³-hybridized carbons (Fsp3) is 0.154. The monoisotopic (exact) mass is 531 g/mol. The van der Waals surface area contributed by atoms with Gasteiger partial charge in [0.15, 0.2) is 0 Å². The minimum atomic E-state index is -0.957. The van der Waals surface area contributed by atoms with Gasteiger partial charge in [-0.3, -0.25) is 14.5 Å². The Bertz CT molecular complexity index is 1390. The Morgan fingerprint density at radius 1 is 0.943 bits per heavy atom. The van der Waals surface area contributed by atoms with E-state index in [0.29, 0.717) is 17.0 Å². The summed E-state index contributed by atoms with van der Waals surface area (Å²) in [6, 6.07) is 14.0. The van der Waals surface area contributed by atoms with Crippen LogP contribution in [-0.4, -0.2) is 31.0 Å². The van der Waals surface area contributed by atoms with Crippen molar-refractivity contribution in [2.75, 3.05) is 19.1 Å². The number of rotatable bonds is 5. The topological polar surface area (TPSA) is 76.1 Å². The number of anilines is 1.